The largest absolute Gasteiger partial charge is 0.493 e. The predicted octanol–water partition coefficient (Wildman–Crippen LogP) is 4.15. The van der Waals surface area contributed by atoms with Gasteiger partial charge in [0.25, 0.3) is 0 Å². The maximum Gasteiger partial charge on any atom is 0.241 e. The van der Waals surface area contributed by atoms with Crippen LogP contribution in [0.5, 0.6) is 11.5 Å². The Bertz CT molecular complexity index is 1110. The molecule has 2 atom stereocenters. The van der Waals surface area contributed by atoms with E-state index in [0.717, 1.165) is 30.5 Å². The molecule has 1 amide bonds. The Kier molecular flexibility index (Phi) is 7.47. The van der Waals surface area contributed by atoms with Crippen LogP contribution in [0.4, 0.5) is 0 Å². The molecule has 0 spiro atoms. The van der Waals surface area contributed by atoms with Crippen molar-refractivity contribution in [2.24, 2.45) is 5.92 Å². The summed E-state index contributed by atoms with van der Waals surface area (Å²) < 4.78 is 16.2. The first-order chi connectivity index (χ1) is 16.5. The van der Waals surface area contributed by atoms with Crippen molar-refractivity contribution in [1.29, 1.82) is 0 Å². The van der Waals surface area contributed by atoms with E-state index < -0.39 is 0 Å². The molecule has 0 saturated carbocycles. The SMILES string of the molecule is COc1ccc(-c2noc(CN3CCCC(C(=O)NC(C)c4ccc(C)cc4)C3)n2)cc1OC. The van der Waals surface area contributed by atoms with E-state index in [4.69, 9.17) is 14.0 Å². The number of likely N-dealkylation sites (tertiary alicyclic amines) is 1. The molecule has 34 heavy (non-hydrogen) atoms. The number of rotatable bonds is 8. The van der Waals surface area contributed by atoms with Crippen LogP contribution >= 0.6 is 0 Å². The van der Waals surface area contributed by atoms with Gasteiger partial charge in [0.15, 0.2) is 11.5 Å². The summed E-state index contributed by atoms with van der Waals surface area (Å²) in [5.41, 5.74) is 3.11. The summed E-state index contributed by atoms with van der Waals surface area (Å²) in [6, 6.07) is 13.8. The third-order valence-corrected chi connectivity index (χ3v) is 6.28. The molecule has 1 aromatic heterocycles. The molecule has 2 aromatic carbocycles. The molecule has 8 heteroatoms. The van der Waals surface area contributed by atoms with E-state index in [2.05, 4.69) is 51.5 Å². The second-order valence-corrected chi connectivity index (χ2v) is 8.80. The summed E-state index contributed by atoms with van der Waals surface area (Å²) in [5, 5.41) is 7.30. The Morgan fingerprint density at radius 2 is 1.94 bits per heavy atom. The highest BCUT2D eigenvalue weighted by Gasteiger charge is 2.28. The molecule has 1 aliphatic rings. The number of nitrogens with zero attached hydrogens (tertiary/aromatic N) is 3. The first-order valence-corrected chi connectivity index (χ1v) is 11.6. The minimum atomic E-state index is -0.0603. The summed E-state index contributed by atoms with van der Waals surface area (Å²) in [6.07, 6.45) is 1.83. The van der Waals surface area contributed by atoms with E-state index in [-0.39, 0.29) is 17.9 Å². The lowest BCUT2D eigenvalue weighted by Crippen LogP contribution is -2.43. The molecule has 1 saturated heterocycles. The van der Waals surface area contributed by atoms with Crippen molar-refractivity contribution in [3.63, 3.8) is 0 Å². The first kappa shape index (κ1) is 23.8. The number of ether oxygens (including phenoxy) is 2. The summed E-state index contributed by atoms with van der Waals surface area (Å²) in [7, 11) is 3.19. The number of aryl methyl sites for hydroxylation is 1. The highest BCUT2D eigenvalue weighted by molar-refractivity contribution is 5.79. The fourth-order valence-electron chi connectivity index (χ4n) is 4.29. The van der Waals surface area contributed by atoms with Gasteiger partial charge in [-0.15, -0.1) is 0 Å². The molecule has 2 heterocycles. The zero-order valence-corrected chi connectivity index (χ0v) is 20.2. The van der Waals surface area contributed by atoms with E-state index in [0.29, 0.717) is 36.3 Å². The van der Waals surface area contributed by atoms with Gasteiger partial charge in [-0.3, -0.25) is 9.69 Å². The molecule has 0 bridgehead atoms. The Morgan fingerprint density at radius 1 is 1.18 bits per heavy atom. The molecule has 3 aromatic rings. The molecular weight excluding hydrogens is 432 g/mol. The van der Waals surface area contributed by atoms with E-state index in [1.807, 2.05) is 25.1 Å². The van der Waals surface area contributed by atoms with Crippen molar-refractivity contribution in [1.82, 2.24) is 20.4 Å². The van der Waals surface area contributed by atoms with Gasteiger partial charge in [0.2, 0.25) is 17.6 Å². The molecule has 1 fully saturated rings. The molecule has 4 rings (SSSR count). The van der Waals surface area contributed by atoms with Crippen molar-refractivity contribution >= 4 is 5.91 Å². The van der Waals surface area contributed by atoms with Gasteiger partial charge in [-0.2, -0.15) is 4.98 Å². The van der Waals surface area contributed by atoms with Crippen molar-refractivity contribution in [2.75, 3.05) is 27.3 Å². The van der Waals surface area contributed by atoms with Crippen LogP contribution in [-0.4, -0.2) is 48.3 Å². The second kappa shape index (κ2) is 10.7. The Labute approximate surface area is 200 Å². The number of amides is 1. The van der Waals surface area contributed by atoms with Gasteiger partial charge >= 0.3 is 0 Å². The fourth-order valence-corrected chi connectivity index (χ4v) is 4.29. The van der Waals surface area contributed by atoms with Gasteiger partial charge in [-0.05, 0) is 57.0 Å². The first-order valence-electron chi connectivity index (χ1n) is 11.6. The Morgan fingerprint density at radius 3 is 2.68 bits per heavy atom. The van der Waals surface area contributed by atoms with Gasteiger partial charge in [-0.25, -0.2) is 0 Å². The number of nitrogens with one attached hydrogen (secondary N) is 1. The fraction of sp³-hybridized carbons (Fsp3) is 0.423. The Balaban J connectivity index is 1.35. The number of methoxy groups -OCH3 is 2. The number of piperidine rings is 1. The highest BCUT2D eigenvalue weighted by atomic mass is 16.5. The van der Waals surface area contributed by atoms with Crippen molar-refractivity contribution in [3.05, 3.63) is 59.5 Å². The molecule has 8 nitrogen and oxygen atoms in total. The summed E-state index contributed by atoms with van der Waals surface area (Å²) in [5.74, 6) is 2.30. The van der Waals surface area contributed by atoms with Crippen LogP contribution in [0.3, 0.4) is 0 Å². The maximum absolute atomic E-state index is 12.9. The van der Waals surface area contributed by atoms with E-state index in [1.54, 1.807) is 14.2 Å². The number of carbonyl (C=O) groups is 1. The number of hydrogen-bond acceptors (Lipinski definition) is 7. The van der Waals surface area contributed by atoms with Crippen LogP contribution in [0.1, 0.15) is 42.8 Å². The molecular formula is C26H32N4O4. The monoisotopic (exact) mass is 464 g/mol. The lowest BCUT2D eigenvalue weighted by atomic mass is 9.96. The van der Waals surface area contributed by atoms with Crippen LogP contribution in [0.15, 0.2) is 47.0 Å². The van der Waals surface area contributed by atoms with Crippen LogP contribution in [0.2, 0.25) is 0 Å². The highest BCUT2D eigenvalue weighted by Crippen LogP contribution is 2.31. The lowest BCUT2D eigenvalue weighted by Gasteiger charge is -2.31. The molecule has 1 N–H and O–H groups in total. The van der Waals surface area contributed by atoms with Gasteiger partial charge < -0.3 is 19.3 Å². The third-order valence-electron chi connectivity index (χ3n) is 6.28. The van der Waals surface area contributed by atoms with Crippen molar-refractivity contribution in [2.45, 2.75) is 39.3 Å². The quantitative estimate of drug-likeness (QED) is 0.536. The normalized spacial score (nSPS) is 17.2. The average molecular weight is 465 g/mol. The predicted molar refractivity (Wildman–Crippen MR) is 129 cm³/mol. The molecule has 2 unspecified atom stereocenters. The maximum atomic E-state index is 12.9. The number of benzene rings is 2. The lowest BCUT2D eigenvalue weighted by molar-refractivity contribution is -0.127. The smallest absolute Gasteiger partial charge is 0.241 e. The summed E-state index contributed by atoms with van der Waals surface area (Å²) in [6.45, 7) is 6.16. The number of hydrogen-bond donors (Lipinski definition) is 1. The minimum Gasteiger partial charge on any atom is -0.493 e. The van der Waals surface area contributed by atoms with Crippen LogP contribution < -0.4 is 14.8 Å². The van der Waals surface area contributed by atoms with Crippen LogP contribution in [-0.2, 0) is 11.3 Å². The number of carbonyl (C=O) groups excluding carboxylic acids is 1. The molecule has 1 aliphatic heterocycles. The topological polar surface area (TPSA) is 89.7 Å². The standard InChI is InChI=1S/C26H32N4O4/c1-17-7-9-19(10-8-17)18(2)27-26(31)21-6-5-13-30(15-21)16-24-28-25(29-34-24)20-11-12-22(32-3)23(14-20)33-4/h7-12,14,18,21H,5-6,13,15-16H2,1-4H3,(H,27,31). The summed E-state index contributed by atoms with van der Waals surface area (Å²) >= 11 is 0. The van der Waals surface area contributed by atoms with Gasteiger partial charge in [0.1, 0.15) is 0 Å². The summed E-state index contributed by atoms with van der Waals surface area (Å²) in [4.78, 5) is 19.7. The molecule has 180 valence electrons. The van der Waals surface area contributed by atoms with E-state index in [1.165, 1.54) is 5.56 Å². The Hall–Kier alpha value is -3.39. The van der Waals surface area contributed by atoms with Gasteiger partial charge in [0.05, 0.1) is 32.7 Å². The number of aromatic nitrogens is 2. The average Bonchev–Trinajstić information content (AvgIpc) is 3.32. The zero-order valence-electron chi connectivity index (χ0n) is 20.2. The second-order valence-electron chi connectivity index (χ2n) is 8.80. The van der Waals surface area contributed by atoms with E-state index in [9.17, 15) is 4.79 Å². The van der Waals surface area contributed by atoms with Crippen molar-refractivity contribution in [3.8, 4) is 22.9 Å². The van der Waals surface area contributed by atoms with Gasteiger partial charge in [0, 0.05) is 12.1 Å². The van der Waals surface area contributed by atoms with Crippen LogP contribution in [0, 0.1) is 12.8 Å². The van der Waals surface area contributed by atoms with Gasteiger partial charge in [-0.1, -0.05) is 35.0 Å². The third kappa shape index (κ3) is 5.56. The zero-order chi connectivity index (χ0) is 24.1. The molecule has 0 aliphatic carbocycles. The minimum absolute atomic E-state index is 0.0246. The van der Waals surface area contributed by atoms with Crippen LogP contribution in [0.25, 0.3) is 11.4 Å². The van der Waals surface area contributed by atoms with E-state index >= 15 is 0 Å². The van der Waals surface area contributed by atoms with Crippen molar-refractivity contribution < 1.29 is 18.8 Å². The molecule has 0 radical (unpaired) electrons.